The van der Waals surface area contributed by atoms with Crippen molar-refractivity contribution in [3.63, 3.8) is 0 Å². The summed E-state index contributed by atoms with van der Waals surface area (Å²) in [5.74, 6) is -1.57. The summed E-state index contributed by atoms with van der Waals surface area (Å²) in [5.41, 5.74) is 0. The molecule has 20 heavy (non-hydrogen) atoms. The van der Waals surface area contributed by atoms with E-state index in [-0.39, 0.29) is 29.0 Å². The number of carbonyl (C=O) groups is 1. The van der Waals surface area contributed by atoms with Crippen LogP contribution >= 0.6 is 0 Å². The molecule has 0 spiro atoms. The van der Waals surface area contributed by atoms with Crippen LogP contribution in [0.4, 0.5) is 0 Å². The van der Waals surface area contributed by atoms with Gasteiger partial charge >= 0.3 is 5.97 Å². The van der Waals surface area contributed by atoms with Crippen molar-refractivity contribution in [3.8, 4) is 0 Å². The molecular weight excluding hydrogens is 286 g/mol. The second kappa shape index (κ2) is 5.55. The fourth-order valence-corrected chi connectivity index (χ4v) is 4.06. The number of carboxylic acids is 1. The second-order valence-corrected chi connectivity index (χ2v) is 6.45. The molecule has 1 fully saturated rings. The highest BCUT2D eigenvalue weighted by molar-refractivity contribution is 7.89. The van der Waals surface area contributed by atoms with Gasteiger partial charge in [0.1, 0.15) is 10.7 Å². The van der Waals surface area contributed by atoms with Gasteiger partial charge in [-0.1, -0.05) is 6.92 Å². The Bertz CT molecular complexity index is 605. The zero-order chi connectivity index (χ0) is 14.9. The van der Waals surface area contributed by atoms with Crippen molar-refractivity contribution in [1.82, 2.24) is 4.31 Å². The minimum absolute atomic E-state index is 0.0868. The zero-order valence-electron chi connectivity index (χ0n) is 11.3. The first-order valence-electron chi connectivity index (χ1n) is 6.31. The van der Waals surface area contributed by atoms with Crippen LogP contribution in [0.15, 0.2) is 15.4 Å². The molecular formula is C12H17NO6S. The number of nitrogens with zero attached hydrogens (tertiary/aromatic N) is 1. The van der Waals surface area contributed by atoms with Crippen molar-refractivity contribution < 1.29 is 27.5 Å². The summed E-state index contributed by atoms with van der Waals surface area (Å²) in [6, 6.07) is 0.825. The van der Waals surface area contributed by atoms with Gasteiger partial charge in [0, 0.05) is 18.7 Å². The number of furan rings is 1. The fourth-order valence-electron chi connectivity index (χ4n) is 2.23. The second-order valence-electron chi connectivity index (χ2n) is 4.59. The third-order valence-electron chi connectivity index (χ3n) is 3.31. The first-order valence-corrected chi connectivity index (χ1v) is 7.75. The van der Waals surface area contributed by atoms with Gasteiger partial charge in [0.25, 0.3) is 0 Å². The third kappa shape index (κ3) is 2.58. The number of ether oxygens (including phenoxy) is 1. The zero-order valence-corrected chi connectivity index (χ0v) is 12.1. The lowest BCUT2D eigenvalue weighted by atomic mass is 10.2. The van der Waals surface area contributed by atoms with E-state index in [1.54, 1.807) is 0 Å². The summed E-state index contributed by atoms with van der Waals surface area (Å²) in [6.07, 6.45) is 0.627. The maximum atomic E-state index is 12.6. The maximum absolute atomic E-state index is 12.6. The van der Waals surface area contributed by atoms with E-state index >= 15 is 0 Å². The molecule has 1 aromatic rings. The summed E-state index contributed by atoms with van der Waals surface area (Å²) >= 11 is 0. The molecule has 0 amide bonds. The van der Waals surface area contributed by atoms with Gasteiger partial charge in [-0.05, 0) is 13.3 Å². The Hall–Kier alpha value is -1.38. The van der Waals surface area contributed by atoms with E-state index in [1.165, 1.54) is 11.2 Å². The molecule has 1 unspecified atom stereocenters. The molecule has 0 aromatic carbocycles. The van der Waals surface area contributed by atoms with Gasteiger partial charge in [-0.2, -0.15) is 4.31 Å². The minimum Gasteiger partial charge on any atom is -0.475 e. The first kappa shape index (κ1) is 15.0. The van der Waals surface area contributed by atoms with Crippen LogP contribution < -0.4 is 0 Å². The van der Waals surface area contributed by atoms with Gasteiger partial charge in [-0.25, -0.2) is 13.2 Å². The van der Waals surface area contributed by atoms with Crippen LogP contribution in [0.5, 0.6) is 0 Å². The highest BCUT2D eigenvalue weighted by Crippen LogP contribution is 2.27. The fraction of sp³-hybridized carbons (Fsp3) is 0.583. The van der Waals surface area contributed by atoms with Crippen LogP contribution in [0.2, 0.25) is 0 Å². The lowest BCUT2D eigenvalue weighted by Crippen LogP contribution is -2.48. The number of aromatic carboxylic acids is 1. The lowest BCUT2D eigenvalue weighted by molar-refractivity contribution is 0.0314. The van der Waals surface area contributed by atoms with Gasteiger partial charge in [0.05, 0.1) is 13.2 Å². The molecule has 0 aliphatic carbocycles. The SMILES string of the molecule is CCC1COCCN1S(=O)(=O)c1cc(C(=O)O)oc1C. The largest absolute Gasteiger partial charge is 0.475 e. The normalized spacial score (nSPS) is 21.0. The predicted octanol–water partition coefficient (Wildman–Crippen LogP) is 1.09. The average Bonchev–Trinajstić information content (AvgIpc) is 2.81. The summed E-state index contributed by atoms with van der Waals surface area (Å²) < 4.78 is 36.9. The Morgan fingerprint density at radius 3 is 2.80 bits per heavy atom. The molecule has 1 atom stereocenters. The number of hydrogen-bond donors (Lipinski definition) is 1. The molecule has 1 N–H and O–H groups in total. The van der Waals surface area contributed by atoms with E-state index in [0.29, 0.717) is 19.6 Å². The first-order chi connectivity index (χ1) is 9.37. The highest BCUT2D eigenvalue weighted by Gasteiger charge is 2.35. The highest BCUT2D eigenvalue weighted by atomic mass is 32.2. The summed E-state index contributed by atoms with van der Waals surface area (Å²) in [5, 5.41) is 8.87. The minimum atomic E-state index is -3.77. The van der Waals surface area contributed by atoms with Crippen molar-refractivity contribution in [2.45, 2.75) is 31.2 Å². The Kier molecular flexibility index (Phi) is 4.17. The Morgan fingerprint density at radius 1 is 1.55 bits per heavy atom. The summed E-state index contributed by atoms with van der Waals surface area (Å²) in [6.45, 7) is 4.26. The number of aryl methyl sites for hydroxylation is 1. The van der Waals surface area contributed by atoms with E-state index in [2.05, 4.69) is 0 Å². The van der Waals surface area contributed by atoms with Crippen LogP contribution in [0.3, 0.4) is 0 Å². The van der Waals surface area contributed by atoms with Crippen molar-refractivity contribution in [1.29, 1.82) is 0 Å². The van der Waals surface area contributed by atoms with E-state index in [9.17, 15) is 13.2 Å². The summed E-state index contributed by atoms with van der Waals surface area (Å²) in [7, 11) is -3.77. The van der Waals surface area contributed by atoms with Crippen molar-refractivity contribution in [3.05, 3.63) is 17.6 Å². The summed E-state index contributed by atoms with van der Waals surface area (Å²) in [4.78, 5) is 10.8. The quantitative estimate of drug-likeness (QED) is 0.894. The number of hydrogen-bond acceptors (Lipinski definition) is 5. The van der Waals surface area contributed by atoms with Crippen LogP contribution in [0.1, 0.15) is 29.7 Å². The number of sulfonamides is 1. The molecule has 7 nitrogen and oxygen atoms in total. The average molecular weight is 303 g/mol. The molecule has 1 aliphatic heterocycles. The molecule has 0 radical (unpaired) electrons. The lowest BCUT2D eigenvalue weighted by Gasteiger charge is -2.33. The van der Waals surface area contributed by atoms with Crippen LogP contribution in [0.25, 0.3) is 0 Å². The van der Waals surface area contributed by atoms with Crippen molar-refractivity contribution in [2.75, 3.05) is 19.8 Å². The van der Waals surface area contributed by atoms with Gasteiger partial charge in [-0.15, -0.1) is 0 Å². The van der Waals surface area contributed by atoms with E-state index in [4.69, 9.17) is 14.3 Å². The molecule has 2 rings (SSSR count). The standard InChI is InChI=1S/C12H17NO6S/c1-3-9-7-18-5-4-13(9)20(16,17)11-6-10(12(14)15)19-8(11)2/h6,9H,3-5,7H2,1-2H3,(H,14,15). The van der Waals surface area contributed by atoms with Crippen LogP contribution in [0, 0.1) is 6.92 Å². The van der Waals surface area contributed by atoms with Gasteiger partial charge in [-0.3, -0.25) is 0 Å². The number of rotatable bonds is 4. The predicted molar refractivity (Wildman–Crippen MR) is 69.2 cm³/mol. The molecule has 0 saturated carbocycles. The molecule has 1 saturated heterocycles. The number of morpholine rings is 1. The molecule has 1 aromatic heterocycles. The van der Waals surface area contributed by atoms with Gasteiger partial charge in [0.2, 0.25) is 15.8 Å². The van der Waals surface area contributed by atoms with E-state index in [0.717, 1.165) is 6.07 Å². The van der Waals surface area contributed by atoms with Crippen LogP contribution in [-0.4, -0.2) is 49.6 Å². The monoisotopic (exact) mass is 303 g/mol. The molecule has 112 valence electrons. The Balaban J connectivity index is 2.41. The van der Waals surface area contributed by atoms with Gasteiger partial charge < -0.3 is 14.3 Å². The van der Waals surface area contributed by atoms with Crippen molar-refractivity contribution >= 4 is 16.0 Å². The van der Waals surface area contributed by atoms with E-state index < -0.39 is 16.0 Å². The molecule has 8 heteroatoms. The molecule has 0 bridgehead atoms. The van der Waals surface area contributed by atoms with Gasteiger partial charge in [0.15, 0.2) is 0 Å². The van der Waals surface area contributed by atoms with Crippen molar-refractivity contribution in [2.24, 2.45) is 0 Å². The number of carboxylic acid groups (broad SMARTS) is 1. The Morgan fingerprint density at radius 2 is 2.25 bits per heavy atom. The van der Waals surface area contributed by atoms with Crippen LogP contribution in [-0.2, 0) is 14.8 Å². The topological polar surface area (TPSA) is 97.0 Å². The smallest absolute Gasteiger partial charge is 0.371 e. The Labute approximate surface area is 117 Å². The third-order valence-corrected chi connectivity index (χ3v) is 5.37. The molecule has 2 heterocycles. The maximum Gasteiger partial charge on any atom is 0.371 e. The molecule has 1 aliphatic rings. The van der Waals surface area contributed by atoms with E-state index in [1.807, 2.05) is 6.92 Å².